The maximum Gasteiger partial charge on any atom is 0.339 e. The van der Waals surface area contributed by atoms with Gasteiger partial charge in [-0.1, -0.05) is 5.21 Å². The van der Waals surface area contributed by atoms with Gasteiger partial charge in [0.2, 0.25) is 0 Å². The van der Waals surface area contributed by atoms with Crippen LogP contribution in [0.25, 0.3) is 0 Å². The zero-order valence-electron chi connectivity index (χ0n) is 14.4. The van der Waals surface area contributed by atoms with Crippen molar-refractivity contribution in [3.63, 3.8) is 0 Å². The Hall–Kier alpha value is -4.15. The van der Waals surface area contributed by atoms with Crippen LogP contribution in [0.2, 0.25) is 0 Å². The van der Waals surface area contributed by atoms with Crippen molar-refractivity contribution in [2.75, 3.05) is 6.54 Å². The Morgan fingerprint density at radius 3 is 2.46 bits per heavy atom. The fourth-order valence-corrected chi connectivity index (χ4v) is 2.23. The van der Waals surface area contributed by atoms with Crippen molar-refractivity contribution < 1.29 is 19.8 Å². The number of rotatable bonds is 7. The Morgan fingerprint density at radius 1 is 1.07 bits per heavy atom. The van der Waals surface area contributed by atoms with Gasteiger partial charge in [-0.2, -0.15) is 15.4 Å². The summed E-state index contributed by atoms with van der Waals surface area (Å²) in [4.78, 5) is 23.1. The Balaban J connectivity index is 1.59. The van der Waals surface area contributed by atoms with Crippen molar-refractivity contribution >= 4 is 23.3 Å². The number of aromatic hydroxyl groups is 1. The molecule has 1 amide bonds. The van der Waals surface area contributed by atoms with Crippen molar-refractivity contribution in [2.45, 2.75) is 6.42 Å². The van der Waals surface area contributed by atoms with E-state index in [0.29, 0.717) is 30.0 Å². The summed E-state index contributed by atoms with van der Waals surface area (Å²) < 4.78 is 0. The van der Waals surface area contributed by atoms with Crippen LogP contribution in [0.4, 0.5) is 11.4 Å². The number of H-pyrrole nitrogens is 1. The lowest BCUT2D eigenvalue weighted by Gasteiger charge is -2.03. The number of carboxylic acid groups (broad SMARTS) is 1. The smallest absolute Gasteiger partial charge is 0.339 e. The lowest BCUT2D eigenvalue weighted by molar-refractivity contribution is 0.0693. The number of nitrogens with one attached hydrogen (secondary N) is 2. The zero-order chi connectivity index (χ0) is 19.9. The second-order valence-corrected chi connectivity index (χ2v) is 5.59. The number of hydrogen-bond donors (Lipinski definition) is 4. The van der Waals surface area contributed by atoms with Crippen LogP contribution >= 0.6 is 0 Å². The average molecular weight is 381 g/mol. The van der Waals surface area contributed by atoms with Crippen LogP contribution in [0.15, 0.2) is 52.7 Å². The summed E-state index contributed by atoms with van der Waals surface area (Å²) in [7, 11) is 0. The average Bonchev–Trinajstić information content (AvgIpc) is 3.21. The van der Waals surface area contributed by atoms with E-state index in [4.69, 9.17) is 5.11 Å². The Labute approximate surface area is 158 Å². The number of phenols is 1. The first-order valence-electron chi connectivity index (χ1n) is 8.11. The molecule has 0 unspecified atom stereocenters. The molecule has 0 saturated heterocycles. The number of aromatic amines is 1. The lowest BCUT2D eigenvalue weighted by Crippen LogP contribution is -2.25. The van der Waals surface area contributed by atoms with E-state index in [9.17, 15) is 14.7 Å². The molecule has 11 nitrogen and oxygen atoms in total. The van der Waals surface area contributed by atoms with Gasteiger partial charge in [-0.05, 0) is 42.5 Å². The van der Waals surface area contributed by atoms with Gasteiger partial charge in [-0.15, -0.1) is 10.2 Å². The quantitative estimate of drug-likeness (QED) is 0.454. The van der Waals surface area contributed by atoms with Crippen molar-refractivity contribution in [1.82, 2.24) is 25.9 Å². The normalized spacial score (nSPS) is 10.9. The number of carbonyl (C=O) groups is 2. The van der Waals surface area contributed by atoms with Gasteiger partial charge in [-0.3, -0.25) is 4.79 Å². The highest BCUT2D eigenvalue weighted by molar-refractivity contribution is 5.94. The van der Waals surface area contributed by atoms with E-state index < -0.39 is 5.97 Å². The van der Waals surface area contributed by atoms with E-state index in [1.807, 2.05) is 0 Å². The van der Waals surface area contributed by atoms with Crippen LogP contribution in [0.1, 0.15) is 26.5 Å². The monoisotopic (exact) mass is 381 g/mol. The summed E-state index contributed by atoms with van der Waals surface area (Å²) in [5, 5.41) is 42.5. The molecule has 0 aliphatic heterocycles. The molecule has 3 aromatic rings. The topological polar surface area (TPSA) is 166 Å². The highest BCUT2D eigenvalue weighted by Gasteiger charge is 2.10. The Kier molecular flexibility index (Phi) is 5.65. The molecule has 0 atom stereocenters. The van der Waals surface area contributed by atoms with Gasteiger partial charge in [0.1, 0.15) is 11.3 Å². The molecule has 4 N–H and O–H groups in total. The van der Waals surface area contributed by atoms with Gasteiger partial charge in [0.05, 0.1) is 11.4 Å². The number of nitrogens with zero attached hydrogens (tertiary/aromatic N) is 5. The van der Waals surface area contributed by atoms with Crippen molar-refractivity contribution in [3.05, 3.63) is 59.4 Å². The molecule has 0 saturated carbocycles. The maximum atomic E-state index is 12.1. The van der Waals surface area contributed by atoms with Crippen molar-refractivity contribution in [1.29, 1.82) is 0 Å². The second-order valence-electron chi connectivity index (χ2n) is 5.59. The second kappa shape index (κ2) is 8.49. The number of amides is 1. The lowest BCUT2D eigenvalue weighted by atomic mass is 10.2. The van der Waals surface area contributed by atoms with Gasteiger partial charge in [0.15, 0.2) is 5.82 Å². The summed E-state index contributed by atoms with van der Waals surface area (Å²) in [6, 6.07) is 10.3. The van der Waals surface area contributed by atoms with Gasteiger partial charge in [0, 0.05) is 18.5 Å². The van der Waals surface area contributed by atoms with E-state index in [-0.39, 0.29) is 22.9 Å². The first-order chi connectivity index (χ1) is 13.5. The summed E-state index contributed by atoms with van der Waals surface area (Å²) in [6.07, 6.45) is 0.458. The molecular weight excluding hydrogens is 366 g/mol. The third kappa shape index (κ3) is 4.72. The molecule has 142 valence electrons. The number of benzene rings is 2. The minimum Gasteiger partial charge on any atom is -0.507 e. The van der Waals surface area contributed by atoms with E-state index in [2.05, 4.69) is 36.2 Å². The standard InChI is InChI=1S/C17H15N7O4/c25-14-6-5-12(9-13(14)17(27)28)20-19-11-3-1-10(2-4-11)16(26)18-8-7-15-21-23-24-22-15/h1-6,9,25H,7-8H2,(H,18,26)(H,27,28)(H,21,22,23,24). The minimum atomic E-state index is -1.26. The molecule has 11 heteroatoms. The van der Waals surface area contributed by atoms with Gasteiger partial charge < -0.3 is 15.5 Å². The SMILES string of the molecule is O=C(NCCc1nn[nH]n1)c1ccc(N=Nc2ccc(O)c(C(=O)O)c2)cc1. The molecule has 2 aromatic carbocycles. The van der Waals surface area contributed by atoms with E-state index in [0.717, 1.165) is 0 Å². The van der Waals surface area contributed by atoms with Crippen LogP contribution in [-0.4, -0.2) is 49.3 Å². The van der Waals surface area contributed by atoms with Crippen LogP contribution in [0.5, 0.6) is 5.75 Å². The van der Waals surface area contributed by atoms with E-state index in [1.165, 1.54) is 18.2 Å². The van der Waals surface area contributed by atoms with E-state index >= 15 is 0 Å². The molecule has 1 aromatic heterocycles. The fourth-order valence-electron chi connectivity index (χ4n) is 2.23. The third-order valence-electron chi connectivity index (χ3n) is 3.64. The Morgan fingerprint density at radius 2 is 1.79 bits per heavy atom. The predicted octanol–water partition coefficient (Wildman–Crippen LogP) is 1.99. The molecule has 28 heavy (non-hydrogen) atoms. The third-order valence-corrected chi connectivity index (χ3v) is 3.64. The van der Waals surface area contributed by atoms with Crippen LogP contribution < -0.4 is 5.32 Å². The van der Waals surface area contributed by atoms with Crippen molar-refractivity contribution in [2.24, 2.45) is 10.2 Å². The number of carbonyl (C=O) groups excluding carboxylic acids is 1. The van der Waals surface area contributed by atoms with Gasteiger partial charge >= 0.3 is 5.97 Å². The summed E-state index contributed by atoms with van der Waals surface area (Å²) >= 11 is 0. The first kappa shape index (κ1) is 18.6. The van der Waals surface area contributed by atoms with Crippen LogP contribution in [0, 0.1) is 0 Å². The first-order valence-corrected chi connectivity index (χ1v) is 8.11. The highest BCUT2D eigenvalue weighted by atomic mass is 16.4. The molecule has 0 bridgehead atoms. The molecule has 0 fully saturated rings. The van der Waals surface area contributed by atoms with Crippen molar-refractivity contribution in [3.8, 4) is 5.75 Å². The molecule has 3 rings (SSSR count). The summed E-state index contributed by atoms with van der Waals surface area (Å²) in [5.41, 5.74) is 0.945. The molecule has 1 heterocycles. The molecular formula is C17H15N7O4. The van der Waals surface area contributed by atoms with Crippen LogP contribution in [-0.2, 0) is 6.42 Å². The zero-order valence-corrected chi connectivity index (χ0v) is 14.4. The predicted molar refractivity (Wildman–Crippen MR) is 95.9 cm³/mol. The van der Waals surface area contributed by atoms with Crippen LogP contribution in [0.3, 0.4) is 0 Å². The number of carboxylic acids is 1. The fraction of sp³-hybridized carbons (Fsp3) is 0.118. The van der Waals surface area contributed by atoms with Gasteiger partial charge in [0.25, 0.3) is 5.91 Å². The molecule has 0 radical (unpaired) electrons. The minimum absolute atomic E-state index is 0.253. The number of tetrazole rings is 1. The van der Waals surface area contributed by atoms with E-state index in [1.54, 1.807) is 24.3 Å². The molecule has 0 spiro atoms. The number of aromatic nitrogens is 4. The number of aromatic carboxylic acids is 1. The largest absolute Gasteiger partial charge is 0.507 e. The molecule has 0 aliphatic rings. The Bertz CT molecular complexity index is 1000. The number of hydrogen-bond acceptors (Lipinski definition) is 8. The summed E-state index contributed by atoms with van der Waals surface area (Å²) in [5.74, 6) is -1.35. The summed E-state index contributed by atoms with van der Waals surface area (Å²) in [6.45, 7) is 0.368. The number of azo groups is 1. The maximum absolute atomic E-state index is 12.1. The van der Waals surface area contributed by atoms with Gasteiger partial charge in [-0.25, -0.2) is 4.79 Å². The molecule has 0 aliphatic carbocycles. The highest BCUT2D eigenvalue weighted by Crippen LogP contribution is 2.25.